The fraction of sp³-hybridized carbons (Fsp3) is 0. The summed E-state index contributed by atoms with van der Waals surface area (Å²) in [5, 5.41) is 9.29. The van der Waals surface area contributed by atoms with Crippen molar-refractivity contribution in [3.05, 3.63) is 84.4 Å². The van der Waals surface area contributed by atoms with E-state index in [1.807, 2.05) is 41.0 Å². The van der Waals surface area contributed by atoms with E-state index in [0.29, 0.717) is 11.1 Å². The molecule has 114 valence electrons. The zero-order valence-corrected chi connectivity index (χ0v) is 12.6. The van der Waals surface area contributed by atoms with Gasteiger partial charge in [-0.25, -0.2) is 9.37 Å². The van der Waals surface area contributed by atoms with Crippen LogP contribution in [0.3, 0.4) is 0 Å². The minimum Gasteiger partial charge on any atom is -0.298 e. The number of nitriles is 1. The Morgan fingerprint density at radius 2 is 1.79 bits per heavy atom. The molecule has 0 saturated carbocycles. The maximum atomic E-state index is 13.7. The smallest absolute Gasteiger partial charge is 0.123 e. The van der Waals surface area contributed by atoms with E-state index in [1.54, 1.807) is 24.5 Å². The van der Waals surface area contributed by atoms with Gasteiger partial charge in [0.15, 0.2) is 0 Å². The normalized spacial score (nSPS) is 10.7. The van der Waals surface area contributed by atoms with Gasteiger partial charge in [0.25, 0.3) is 0 Å². The minimum absolute atomic E-state index is 0.311. The highest BCUT2D eigenvalue weighted by atomic mass is 19.1. The number of halogens is 1. The molecule has 0 spiro atoms. The molecule has 0 aliphatic carbocycles. The third-order valence-electron chi connectivity index (χ3n) is 3.94. The SMILES string of the molecule is N#Cc1cc(-c2cccc(F)c2)c2c(c1)ncn2-c1ccccc1. The van der Waals surface area contributed by atoms with E-state index in [4.69, 9.17) is 0 Å². The third kappa shape index (κ3) is 2.33. The van der Waals surface area contributed by atoms with Crippen LogP contribution in [0, 0.1) is 17.1 Å². The van der Waals surface area contributed by atoms with Crippen LogP contribution in [0.2, 0.25) is 0 Å². The number of imidazole rings is 1. The van der Waals surface area contributed by atoms with Crippen molar-refractivity contribution in [1.82, 2.24) is 9.55 Å². The van der Waals surface area contributed by atoms with Crippen molar-refractivity contribution in [2.75, 3.05) is 0 Å². The molecule has 0 atom stereocenters. The molecule has 0 bridgehead atoms. The molecule has 0 amide bonds. The number of hydrogen-bond acceptors (Lipinski definition) is 2. The molecule has 24 heavy (non-hydrogen) atoms. The monoisotopic (exact) mass is 313 g/mol. The lowest BCUT2D eigenvalue weighted by atomic mass is 10.0. The molecule has 0 fully saturated rings. The van der Waals surface area contributed by atoms with E-state index in [1.165, 1.54) is 12.1 Å². The van der Waals surface area contributed by atoms with Gasteiger partial charge in [-0.2, -0.15) is 5.26 Å². The molecule has 3 aromatic carbocycles. The molecule has 0 unspecified atom stereocenters. The summed E-state index contributed by atoms with van der Waals surface area (Å²) in [6.45, 7) is 0. The maximum absolute atomic E-state index is 13.7. The zero-order valence-electron chi connectivity index (χ0n) is 12.6. The van der Waals surface area contributed by atoms with Gasteiger partial charge in [0, 0.05) is 11.3 Å². The Morgan fingerprint density at radius 3 is 2.54 bits per heavy atom. The lowest BCUT2D eigenvalue weighted by Gasteiger charge is -2.10. The van der Waals surface area contributed by atoms with Crippen LogP contribution in [0.15, 0.2) is 73.1 Å². The van der Waals surface area contributed by atoms with Crippen molar-refractivity contribution in [3.8, 4) is 22.9 Å². The molecule has 4 rings (SSSR count). The average molecular weight is 313 g/mol. The number of fused-ring (bicyclic) bond motifs is 1. The van der Waals surface area contributed by atoms with Crippen LogP contribution in [0.5, 0.6) is 0 Å². The van der Waals surface area contributed by atoms with Crippen LogP contribution in [-0.2, 0) is 0 Å². The molecular weight excluding hydrogens is 301 g/mol. The van der Waals surface area contributed by atoms with Crippen molar-refractivity contribution in [2.45, 2.75) is 0 Å². The van der Waals surface area contributed by atoms with Crippen molar-refractivity contribution >= 4 is 11.0 Å². The van der Waals surface area contributed by atoms with Gasteiger partial charge in [-0.15, -0.1) is 0 Å². The number of benzene rings is 3. The van der Waals surface area contributed by atoms with Crippen LogP contribution in [0.1, 0.15) is 5.56 Å². The van der Waals surface area contributed by atoms with Crippen LogP contribution < -0.4 is 0 Å². The zero-order chi connectivity index (χ0) is 16.5. The molecule has 1 aromatic heterocycles. The summed E-state index contributed by atoms with van der Waals surface area (Å²) in [7, 11) is 0. The second-order valence-electron chi connectivity index (χ2n) is 5.46. The number of hydrogen-bond donors (Lipinski definition) is 0. The third-order valence-corrected chi connectivity index (χ3v) is 3.94. The number of para-hydroxylation sites is 1. The molecule has 0 radical (unpaired) electrons. The summed E-state index contributed by atoms with van der Waals surface area (Å²) in [4.78, 5) is 4.43. The van der Waals surface area contributed by atoms with Gasteiger partial charge in [-0.3, -0.25) is 4.57 Å². The second kappa shape index (κ2) is 5.64. The molecule has 0 N–H and O–H groups in total. The summed E-state index contributed by atoms with van der Waals surface area (Å²) in [6, 6.07) is 21.9. The van der Waals surface area contributed by atoms with E-state index >= 15 is 0 Å². The van der Waals surface area contributed by atoms with Crippen LogP contribution in [0.4, 0.5) is 4.39 Å². The molecule has 4 aromatic rings. The summed E-state index contributed by atoms with van der Waals surface area (Å²) in [5.41, 5.74) is 4.52. The predicted molar refractivity (Wildman–Crippen MR) is 91.2 cm³/mol. The quantitative estimate of drug-likeness (QED) is 0.538. The van der Waals surface area contributed by atoms with E-state index in [9.17, 15) is 9.65 Å². The predicted octanol–water partition coefficient (Wildman–Crippen LogP) is 4.70. The van der Waals surface area contributed by atoms with Gasteiger partial charge in [-0.1, -0.05) is 30.3 Å². The van der Waals surface area contributed by atoms with E-state index < -0.39 is 0 Å². The largest absolute Gasteiger partial charge is 0.298 e. The fourth-order valence-corrected chi connectivity index (χ4v) is 2.87. The van der Waals surface area contributed by atoms with Gasteiger partial charge in [0.2, 0.25) is 0 Å². The summed E-state index contributed by atoms with van der Waals surface area (Å²) in [6.07, 6.45) is 1.73. The second-order valence-corrected chi connectivity index (χ2v) is 5.46. The van der Waals surface area contributed by atoms with Crippen molar-refractivity contribution in [3.63, 3.8) is 0 Å². The fourth-order valence-electron chi connectivity index (χ4n) is 2.87. The van der Waals surface area contributed by atoms with Gasteiger partial charge < -0.3 is 0 Å². The van der Waals surface area contributed by atoms with Crippen LogP contribution in [-0.4, -0.2) is 9.55 Å². The molecule has 0 aliphatic rings. The van der Waals surface area contributed by atoms with Crippen molar-refractivity contribution in [1.29, 1.82) is 5.26 Å². The topological polar surface area (TPSA) is 41.6 Å². The number of nitrogens with zero attached hydrogens (tertiary/aromatic N) is 3. The summed E-state index contributed by atoms with van der Waals surface area (Å²) >= 11 is 0. The Morgan fingerprint density at radius 1 is 0.958 bits per heavy atom. The minimum atomic E-state index is -0.311. The summed E-state index contributed by atoms with van der Waals surface area (Å²) in [5.74, 6) is -0.311. The Hall–Kier alpha value is -3.45. The molecule has 1 heterocycles. The van der Waals surface area contributed by atoms with Gasteiger partial charge >= 0.3 is 0 Å². The van der Waals surface area contributed by atoms with Gasteiger partial charge in [-0.05, 0) is 42.0 Å². The molecule has 3 nitrogen and oxygen atoms in total. The molecule has 0 saturated heterocycles. The Labute approximate surface area is 138 Å². The Kier molecular flexibility index (Phi) is 3.33. The van der Waals surface area contributed by atoms with Crippen LogP contribution >= 0.6 is 0 Å². The first-order valence-electron chi connectivity index (χ1n) is 7.49. The van der Waals surface area contributed by atoms with E-state index in [2.05, 4.69) is 11.1 Å². The van der Waals surface area contributed by atoms with Crippen molar-refractivity contribution < 1.29 is 4.39 Å². The first-order chi connectivity index (χ1) is 11.8. The highest BCUT2D eigenvalue weighted by Gasteiger charge is 2.13. The number of rotatable bonds is 2. The molecule has 0 aliphatic heterocycles. The Bertz CT molecular complexity index is 1080. The van der Waals surface area contributed by atoms with Crippen molar-refractivity contribution in [2.24, 2.45) is 0 Å². The maximum Gasteiger partial charge on any atom is 0.123 e. The number of aromatic nitrogens is 2. The van der Waals surface area contributed by atoms with E-state index in [0.717, 1.165) is 22.3 Å². The molecular formula is C20H12FN3. The Balaban J connectivity index is 2.07. The highest BCUT2D eigenvalue weighted by molar-refractivity contribution is 5.94. The highest BCUT2D eigenvalue weighted by Crippen LogP contribution is 2.31. The van der Waals surface area contributed by atoms with Gasteiger partial charge in [0.1, 0.15) is 12.1 Å². The van der Waals surface area contributed by atoms with Crippen LogP contribution in [0.25, 0.3) is 27.8 Å². The summed E-state index contributed by atoms with van der Waals surface area (Å²) < 4.78 is 15.7. The molecule has 4 heteroatoms. The first-order valence-corrected chi connectivity index (χ1v) is 7.49. The average Bonchev–Trinajstić information content (AvgIpc) is 3.05. The standard InChI is InChI=1S/C20H12FN3/c21-16-6-4-5-15(11-16)18-9-14(12-22)10-19-20(18)24(13-23-19)17-7-2-1-3-8-17/h1-11,13H. The van der Waals surface area contributed by atoms with Gasteiger partial charge in [0.05, 0.1) is 22.7 Å². The first kappa shape index (κ1) is 14.2. The van der Waals surface area contributed by atoms with E-state index in [-0.39, 0.29) is 5.82 Å². The lowest BCUT2D eigenvalue weighted by molar-refractivity contribution is 0.628. The lowest BCUT2D eigenvalue weighted by Crippen LogP contribution is -1.94.